The van der Waals surface area contributed by atoms with Gasteiger partial charge in [-0.3, -0.25) is 4.79 Å². The molecule has 0 bridgehead atoms. The van der Waals surface area contributed by atoms with E-state index in [0.717, 1.165) is 17.3 Å². The number of methoxy groups -OCH3 is 1. The molecule has 15 heavy (non-hydrogen) atoms. The Labute approximate surface area is 98.4 Å². The first kappa shape index (κ1) is 12.5. The van der Waals surface area contributed by atoms with Gasteiger partial charge in [-0.15, -0.1) is 11.3 Å². The standard InChI is InChI=1S/C10H14ClNO2S/c1-14-10(13)5-7-12-6-4-8-2-3-9(11)15-8/h2-3,12H,4-7H2,1H3. The fourth-order valence-electron chi connectivity index (χ4n) is 1.12. The highest BCUT2D eigenvalue weighted by atomic mass is 35.5. The number of esters is 1. The molecule has 1 aromatic rings. The molecule has 0 saturated carbocycles. The van der Waals surface area contributed by atoms with E-state index in [9.17, 15) is 4.79 Å². The van der Waals surface area contributed by atoms with Crippen LogP contribution in [0.15, 0.2) is 12.1 Å². The summed E-state index contributed by atoms with van der Waals surface area (Å²) in [6, 6.07) is 3.92. The maximum atomic E-state index is 10.8. The van der Waals surface area contributed by atoms with Crippen molar-refractivity contribution in [3.8, 4) is 0 Å². The lowest BCUT2D eigenvalue weighted by Crippen LogP contribution is -2.21. The number of ether oxygens (including phenoxy) is 1. The largest absolute Gasteiger partial charge is 0.469 e. The Morgan fingerprint density at radius 1 is 1.53 bits per heavy atom. The van der Waals surface area contributed by atoms with Gasteiger partial charge in [-0.05, 0) is 25.1 Å². The molecule has 3 nitrogen and oxygen atoms in total. The lowest BCUT2D eigenvalue weighted by atomic mass is 10.3. The number of hydrogen-bond acceptors (Lipinski definition) is 4. The number of halogens is 1. The summed E-state index contributed by atoms with van der Waals surface area (Å²) in [6.07, 6.45) is 1.36. The average Bonchev–Trinajstić information content (AvgIpc) is 2.63. The Bertz CT molecular complexity index is 314. The summed E-state index contributed by atoms with van der Waals surface area (Å²) in [4.78, 5) is 12.0. The Hall–Kier alpha value is -0.580. The molecule has 0 unspecified atom stereocenters. The molecule has 0 aliphatic heterocycles. The normalized spacial score (nSPS) is 10.3. The van der Waals surface area contributed by atoms with Gasteiger partial charge < -0.3 is 10.1 Å². The number of carbonyl (C=O) groups is 1. The zero-order valence-corrected chi connectivity index (χ0v) is 10.2. The summed E-state index contributed by atoms with van der Waals surface area (Å²) in [5, 5.41) is 3.17. The minimum absolute atomic E-state index is 0.179. The summed E-state index contributed by atoms with van der Waals surface area (Å²) >= 11 is 7.39. The van der Waals surface area contributed by atoms with E-state index in [0.29, 0.717) is 13.0 Å². The summed E-state index contributed by atoms with van der Waals surface area (Å²) < 4.78 is 5.34. The van der Waals surface area contributed by atoms with Crippen LogP contribution in [0.3, 0.4) is 0 Å². The van der Waals surface area contributed by atoms with Gasteiger partial charge in [0.05, 0.1) is 17.9 Å². The molecule has 1 N–H and O–H groups in total. The zero-order chi connectivity index (χ0) is 11.1. The molecule has 0 aliphatic rings. The molecular weight excluding hydrogens is 234 g/mol. The molecule has 0 aromatic carbocycles. The fraction of sp³-hybridized carbons (Fsp3) is 0.500. The second kappa shape index (κ2) is 6.82. The number of nitrogens with one attached hydrogen (secondary N) is 1. The van der Waals surface area contributed by atoms with Crippen LogP contribution in [-0.4, -0.2) is 26.2 Å². The molecule has 0 saturated heterocycles. The molecule has 0 radical (unpaired) electrons. The van der Waals surface area contributed by atoms with Crippen LogP contribution in [0.5, 0.6) is 0 Å². The summed E-state index contributed by atoms with van der Waals surface area (Å²) in [5.41, 5.74) is 0. The Balaban J connectivity index is 2.05. The Morgan fingerprint density at radius 2 is 2.33 bits per heavy atom. The van der Waals surface area contributed by atoms with Gasteiger partial charge in [0, 0.05) is 11.4 Å². The van der Waals surface area contributed by atoms with E-state index in [1.54, 1.807) is 11.3 Å². The van der Waals surface area contributed by atoms with Crippen molar-refractivity contribution in [1.29, 1.82) is 0 Å². The van der Waals surface area contributed by atoms with Crippen molar-refractivity contribution in [3.63, 3.8) is 0 Å². The van der Waals surface area contributed by atoms with E-state index in [-0.39, 0.29) is 5.97 Å². The maximum Gasteiger partial charge on any atom is 0.306 e. The second-order valence-electron chi connectivity index (χ2n) is 3.03. The van der Waals surface area contributed by atoms with E-state index in [1.807, 2.05) is 12.1 Å². The van der Waals surface area contributed by atoms with Crippen LogP contribution in [0, 0.1) is 0 Å². The maximum absolute atomic E-state index is 10.8. The van der Waals surface area contributed by atoms with Crippen LogP contribution >= 0.6 is 22.9 Å². The highest BCUT2D eigenvalue weighted by Crippen LogP contribution is 2.21. The molecule has 5 heteroatoms. The smallest absolute Gasteiger partial charge is 0.306 e. The van der Waals surface area contributed by atoms with E-state index < -0.39 is 0 Å². The SMILES string of the molecule is COC(=O)CCNCCc1ccc(Cl)s1. The quantitative estimate of drug-likeness (QED) is 0.618. The minimum atomic E-state index is -0.179. The molecule has 0 fully saturated rings. The van der Waals surface area contributed by atoms with Crippen molar-refractivity contribution in [2.45, 2.75) is 12.8 Å². The third-order valence-electron chi connectivity index (χ3n) is 1.91. The molecule has 84 valence electrons. The van der Waals surface area contributed by atoms with E-state index in [2.05, 4.69) is 10.1 Å². The number of rotatable bonds is 6. The van der Waals surface area contributed by atoms with Crippen LogP contribution in [0.1, 0.15) is 11.3 Å². The summed E-state index contributed by atoms with van der Waals surface area (Å²) in [7, 11) is 1.40. The van der Waals surface area contributed by atoms with Gasteiger partial charge in [0.1, 0.15) is 0 Å². The van der Waals surface area contributed by atoms with E-state index >= 15 is 0 Å². The summed E-state index contributed by atoms with van der Waals surface area (Å²) in [5.74, 6) is -0.179. The molecule has 1 heterocycles. The highest BCUT2D eigenvalue weighted by Gasteiger charge is 2.00. The Morgan fingerprint density at radius 3 is 2.93 bits per heavy atom. The lowest BCUT2D eigenvalue weighted by molar-refractivity contribution is -0.140. The van der Waals surface area contributed by atoms with Crippen molar-refractivity contribution >= 4 is 28.9 Å². The summed E-state index contributed by atoms with van der Waals surface area (Å²) in [6.45, 7) is 1.51. The molecule has 0 atom stereocenters. The van der Waals surface area contributed by atoms with Crippen LogP contribution in [0.25, 0.3) is 0 Å². The molecule has 0 spiro atoms. The first-order valence-electron chi connectivity index (χ1n) is 4.74. The van der Waals surface area contributed by atoms with Gasteiger partial charge in [0.15, 0.2) is 0 Å². The third-order valence-corrected chi connectivity index (χ3v) is 3.20. The van der Waals surface area contributed by atoms with Gasteiger partial charge in [0.25, 0.3) is 0 Å². The van der Waals surface area contributed by atoms with E-state index in [4.69, 9.17) is 11.6 Å². The van der Waals surface area contributed by atoms with Gasteiger partial charge in [0.2, 0.25) is 0 Å². The van der Waals surface area contributed by atoms with Crippen LogP contribution in [0.2, 0.25) is 4.34 Å². The van der Waals surface area contributed by atoms with E-state index in [1.165, 1.54) is 12.0 Å². The zero-order valence-electron chi connectivity index (χ0n) is 8.59. The number of thiophene rings is 1. The predicted octanol–water partition coefficient (Wildman–Crippen LogP) is 2.10. The fourth-order valence-corrected chi connectivity index (χ4v) is 2.20. The van der Waals surface area contributed by atoms with Crippen LogP contribution in [0.4, 0.5) is 0 Å². The lowest BCUT2D eigenvalue weighted by Gasteiger charge is -2.02. The van der Waals surface area contributed by atoms with Gasteiger partial charge in [-0.1, -0.05) is 11.6 Å². The first-order chi connectivity index (χ1) is 7.22. The molecule has 0 aliphatic carbocycles. The van der Waals surface area contributed by atoms with Crippen molar-refractivity contribution in [1.82, 2.24) is 5.32 Å². The predicted molar refractivity (Wildman–Crippen MR) is 62.5 cm³/mol. The molecular formula is C10H14ClNO2S. The first-order valence-corrected chi connectivity index (χ1v) is 5.93. The monoisotopic (exact) mass is 247 g/mol. The molecule has 0 amide bonds. The number of hydrogen-bond donors (Lipinski definition) is 1. The van der Waals surface area contributed by atoms with Crippen molar-refractivity contribution in [2.75, 3.05) is 20.2 Å². The Kier molecular flexibility index (Phi) is 5.68. The van der Waals surface area contributed by atoms with Gasteiger partial charge in [-0.2, -0.15) is 0 Å². The topological polar surface area (TPSA) is 38.3 Å². The van der Waals surface area contributed by atoms with Crippen molar-refractivity contribution in [3.05, 3.63) is 21.3 Å². The number of carbonyl (C=O) groups excluding carboxylic acids is 1. The molecule has 1 aromatic heterocycles. The molecule has 1 rings (SSSR count). The van der Waals surface area contributed by atoms with Crippen LogP contribution < -0.4 is 5.32 Å². The van der Waals surface area contributed by atoms with Crippen molar-refractivity contribution in [2.24, 2.45) is 0 Å². The average molecular weight is 248 g/mol. The minimum Gasteiger partial charge on any atom is -0.469 e. The second-order valence-corrected chi connectivity index (χ2v) is 4.83. The third kappa shape index (κ3) is 5.16. The van der Waals surface area contributed by atoms with Gasteiger partial charge in [-0.25, -0.2) is 0 Å². The van der Waals surface area contributed by atoms with Crippen LogP contribution in [-0.2, 0) is 16.0 Å². The van der Waals surface area contributed by atoms with Gasteiger partial charge >= 0.3 is 5.97 Å². The highest BCUT2D eigenvalue weighted by molar-refractivity contribution is 7.16. The van der Waals surface area contributed by atoms with Crippen molar-refractivity contribution < 1.29 is 9.53 Å².